The molecule has 1 aliphatic rings. The number of benzene rings is 1. The van der Waals surface area contributed by atoms with Gasteiger partial charge in [0.15, 0.2) is 0 Å². The molecule has 3 rings (SSSR count). The molecule has 0 aliphatic carbocycles. The number of thioether (sulfide) groups is 1. The Kier molecular flexibility index (Phi) is 6.13. The smallest absolute Gasteiger partial charge is 0.256 e. The monoisotopic (exact) mass is 400 g/mol. The average molecular weight is 401 g/mol. The number of anilines is 1. The summed E-state index contributed by atoms with van der Waals surface area (Å²) in [7, 11) is 0. The van der Waals surface area contributed by atoms with E-state index in [1.165, 1.54) is 5.56 Å². The van der Waals surface area contributed by atoms with E-state index in [0.717, 1.165) is 29.2 Å². The van der Waals surface area contributed by atoms with E-state index < -0.39 is 0 Å². The first-order chi connectivity index (χ1) is 13.3. The van der Waals surface area contributed by atoms with E-state index in [4.69, 9.17) is 0 Å². The Morgan fingerprint density at radius 2 is 1.89 bits per heavy atom. The number of nitrogens with one attached hydrogen (secondary N) is 2. The molecule has 0 unspecified atom stereocenters. The fraction of sp³-hybridized carbons (Fsp3) is 0.476. The van der Waals surface area contributed by atoms with Crippen LogP contribution < -0.4 is 10.6 Å². The standard InChI is InChI=1S/C21H28N4O2S/c1-5-10-22-18(26)11-25-19(16-12-28-13-17(16)24-25)23-20(27)14-6-8-15(9-7-14)21(2,3)4/h6-9H,5,10-13H2,1-4H3,(H,22,26)(H,23,27). The first-order valence-electron chi connectivity index (χ1n) is 9.64. The maximum absolute atomic E-state index is 12.8. The van der Waals surface area contributed by atoms with Gasteiger partial charge in [-0.25, -0.2) is 4.68 Å². The molecule has 0 atom stereocenters. The molecule has 1 aliphatic heterocycles. The Morgan fingerprint density at radius 1 is 1.18 bits per heavy atom. The van der Waals surface area contributed by atoms with Crippen molar-refractivity contribution in [3.8, 4) is 0 Å². The normalized spacial score (nSPS) is 13.3. The number of amides is 2. The molecular weight excluding hydrogens is 372 g/mol. The number of carbonyl (C=O) groups excluding carboxylic acids is 2. The summed E-state index contributed by atoms with van der Waals surface area (Å²) >= 11 is 1.77. The van der Waals surface area contributed by atoms with Gasteiger partial charge in [0, 0.05) is 29.2 Å². The average Bonchev–Trinajstić information content (AvgIpc) is 3.22. The summed E-state index contributed by atoms with van der Waals surface area (Å²) in [6, 6.07) is 7.68. The number of hydrogen-bond donors (Lipinski definition) is 2. The zero-order valence-electron chi connectivity index (χ0n) is 17.0. The Labute approximate surface area is 170 Å². The molecule has 2 aromatic rings. The number of aromatic nitrogens is 2. The zero-order chi connectivity index (χ0) is 20.3. The van der Waals surface area contributed by atoms with Crippen molar-refractivity contribution in [2.24, 2.45) is 0 Å². The molecule has 0 saturated heterocycles. The van der Waals surface area contributed by atoms with Crippen molar-refractivity contribution in [1.82, 2.24) is 15.1 Å². The third-order valence-corrected chi connectivity index (χ3v) is 5.70. The van der Waals surface area contributed by atoms with E-state index in [2.05, 4.69) is 36.5 Å². The van der Waals surface area contributed by atoms with Crippen LogP contribution in [0.1, 0.15) is 61.3 Å². The van der Waals surface area contributed by atoms with Crippen LogP contribution in [-0.2, 0) is 28.3 Å². The fourth-order valence-electron chi connectivity index (χ4n) is 3.08. The van der Waals surface area contributed by atoms with E-state index in [1.54, 1.807) is 16.4 Å². The van der Waals surface area contributed by atoms with Crippen LogP contribution in [0.25, 0.3) is 0 Å². The predicted molar refractivity (Wildman–Crippen MR) is 114 cm³/mol. The molecule has 1 aromatic carbocycles. The molecule has 0 saturated carbocycles. The Morgan fingerprint density at radius 3 is 2.54 bits per heavy atom. The van der Waals surface area contributed by atoms with Crippen molar-refractivity contribution >= 4 is 29.4 Å². The van der Waals surface area contributed by atoms with Gasteiger partial charge >= 0.3 is 0 Å². The van der Waals surface area contributed by atoms with Gasteiger partial charge in [0.25, 0.3) is 5.91 Å². The molecule has 28 heavy (non-hydrogen) atoms. The minimum atomic E-state index is -0.185. The Hall–Kier alpha value is -2.28. The van der Waals surface area contributed by atoms with Crippen LogP contribution in [0.4, 0.5) is 5.82 Å². The SMILES string of the molecule is CCCNC(=O)Cn1nc2c(c1NC(=O)c1ccc(C(C)(C)C)cc1)CSC2. The third kappa shape index (κ3) is 4.58. The second-order valence-electron chi connectivity index (χ2n) is 8.06. The van der Waals surface area contributed by atoms with E-state index >= 15 is 0 Å². The highest BCUT2D eigenvalue weighted by Gasteiger charge is 2.25. The minimum absolute atomic E-state index is 0.0392. The first kappa shape index (κ1) is 20.5. The van der Waals surface area contributed by atoms with E-state index in [0.29, 0.717) is 17.9 Å². The van der Waals surface area contributed by atoms with Gasteiger partial charge in [0.05, 0.1) is 5.69 Å². The molecule has 150 valence electrons. The van der Waals surface area contributed by atoms with E-state index in [1.807, 2.05) is 31.2 Å². The number of rotatable bonds is 6. The second-order valence-corrected chi connectivity index (χ2v) is 9.04. The summed E-state index contributed by atoms with van der Waals surface area (Å²) in [5.74, 6) is 1.96. The number of nitrogens with zero attached hydrogens (tertiary/aromatic N) is 2. The molecule has 6 nitrogen and oxygen atoms in total. The van der Waals surface area contributed by atoms with Gasteiger partial charge in [0.2, 0.25) is 5.91 Å². The number of fused-ring (bicyclic) bond motifs is 1. The minimum Gasteiger partial charge on any atom is -0.355 e. The zero-order valence-corrected chi connectivity index (χ0v) is 17.8. The molecule has 0 bridgehead atoms. The van der Waals surface area contributed by atoms with Crippen LogP contribution in [0.5, 0.6) is 0 Å². The summed E-state index contributed by atoms with van der Waals surface area (Å²) in [4.78, 5) is 25.0. The van der Waals surface area contributed by atoms with Crippen molar-refractivity contribution in [3.05, 3.63) is 46.6 Å². The summed E-state index contributed by atoms with van der Waals surface area (Å²) in [5.41, 5.74) is 3.78. The van der Waals surface area contributed by atoms with Crippen LogP contribution in [0, 0.1) is 0 Å². The van der Waals surface area contributed by atoms with Crippen molar-refractivity contribution < 1.29 is 9.59 Å². The van der Waals surface area contributed by atoms with Crippen molar-refractivity contribution in [2.45, 2.75) is 57.6 Å². The molecule has 7 heteroatoms. The van der Waals surface area contributed by atoms with Crippen LogP contribution in [-0.4, -0.2) is 28.1 Å². The lowest BCUT2D eigenvalue weighted by atomic mass is 9.87. The van der Waals surface area contributed by atoms with Gasteiger partial charge in [-0.1, -0.05) is 39.8 Å². The summed E-state index contributed by atoms with van der Waals surface area (Å²) < 4.78 is 1.62. The van der Waals surface area contributed by atoms with Crippen LogP contribution >= 0.6 is 11.8 Å². The van der Waals surface area contributed by atoms with Gasteiger partial charge in [-0.3, -0.25) is 9.59 Å². The lowest BCUT2D eigenvalue weighted by molar-refractivity contribution is -0.121. The van der Waals surface area contributed by atoms with Crippen LogP contribution in [0.15, 0.2) is 24.3 Å². The topological polar surface area (TPSA) is 76.0 Å². The van der Waals surface area contributed by atoms with Gasteiger partial charge in [0.1, 0.15) is 12.4 Å². The van der Waals surface area contributed by atoms with Gasteiger partial charge in [-0.2, -0.15) is 16.9 Å². The van der Waals surface area contributed by atoms with Crippen molar-refractivity contribution in [3.63, 3.8) is 0 Å². The molecular formula is C21H28N4O2S. The van der Waals surface area contributed by atoms with Crippen LogP contribution in [0.3, 0.4) is 0 Å². The molecule has 0 radical (unpaired) electrons. The molecule has 1 aromatic heterocycles. The highest BCUT2D eigenvalue weighted by atomic mass is 32.2. The summed E-state index contributed by atoms with van der Waals surface area (Å²) in [6.45, 7) is 9.19. The van der Waals surface area contributed by atoms with Crippen LogP contribution in [0.2, 0.25) is 0 Å². The number of hydrogen-bond acceptors (Lipinski definition) is 4. The largest absolute Gasteiger partial charge is 0.355 e. The van der Waals surface area contributed by atoms with Gasteiger partial charge in [-0.05, 0) is 29.5 Å². The van der Waals surface area contributed by atoms with Crippen molar-refractivity contribution in [1.29, 1.82) is 0 Å². The van der Waals surface area contributed by atoms with Crippen molar-refractivity contribution in [2.75, 3.05) is 11.9 Å². The Bertz CT molecular complexity index is 866. The third-order valence-electron chi connectivity index (χ3n) is 4.73. The summed E-state index contributed by atoms with van der Waals surface area (Å²) in [5, 5.41) is 10.4. The molecule has 0 spiro atoms. The maximum Gasteiger partial charge on any atom is 0.256 e. The molecule has 2 N–H and O–H groups in total. The second kappa shape index (κ2) is 8.39. The van der Waals surface area contributed by atoms with Gasteiger partial charge in [-0.15, -0.1) is 0 Å². The highest BCUT2D eigenvalue weighted by Crippen LogP contribution is 2.35. The maximum atomic E-state index is 12.8. The molecule has 2 amide bonds. The lowest BCUT2D eigenvalue weighted by Crippen LogP contribution is -2.29. The van der Waals surface area contributed by atoms with E-state index in [9.17, 15) is 9.59 Å². The first-order valence-corrected chi connectivity index (χ1v) is 10.8. The number of carbonyl (C=O) groups is 2. The quantitative estimate of drug-likeness (QED) is 0.775. The summed E-state index contributed by atoms with van der Waals surface area (Å²) in [6.07, 6.45) is 0.881. The fourth-order valence-corrected chi connectivity index (χ4v) is 4.11. The van der Waals surface area contributed by atoms with E-state index in [-0.39, 0.29) is 23.8 Å². The molecule has 2 heterocycles. The molecule has 0 fully saturated rings. The predicted octanol–water partition coefficient (Wildman–Crippen LogP) is 3.71. The highest BCUT2D eigenvalue weighted by molar-refractivity contribution is 7.98. The Balaban J connectivity index is 1.79. The van der Waals surface area contributed by atoms with Gasteiger partial charge < -0.3 is 10.6 Å². The lowest BCUT2D eigenvalue weighted by Gasteiger charge is -2.19.